The number of nitrogens with one attached hydrogen (secondary N) is 3. The molecule has 3 aromatic heterocycles. The number of fused-ring (bicyclic) bond motifs is 3. The molecule has 0 aliphatic carbocycles. The Morgan fingerprint density at radius 1 is 1.02 bits per heavy atom. The maximum absolute atomic E-state index is 12.7. The number of nitrogens with zero attached hydrogens (tertiary/aromatic N) is 7. The normalized spacial score (nSPS) is 14.8. The van der Waals surface area contributed by atoms with Crippen LogP contribution in [0.4, 0.5) is 23.1 Å². The topological polar surface area (TPSA) is 144 Å². The van der Waals surface area contributed by atoms with Gasteiger partial charge in [-0.25, -0.2) is 4.98 Å². The van der Waals surface area contributed by atoms with Gasteiger partial charge in [-0.2, -0.15) is 15.2 Å². The summed E-state index contributed by atoms with van der Waals surface area (Å²) in [6, 6.07) is 6.30. The average molecular weight is 543 g/mol. The summed E-state index contributed by atoms with van der Waals surface area (Å²) >= 11 is 0. The number of ether oxygens (including phenoxy) is 1. The molecule has 0 bridgehead atoms. The van der Waals surface area contributed by atoms with Gasteiger partial charge in [-0.05, 0) is 18.9 Å². The van der Waals surface area contributed by atoms with Gasteiger partial charge in [0, 0.05) is 57.9 Å². The molecule has 3 N–H and O–H groups in total. The van der Waals surface area contributed by atoms with E-state index < -0.39 is 5.91 Å². The molecule has 13 nitrogen and oxygen atoms in total. The summed E-state index contributed by atoms with van der Waals surface area (Å²) in [6.07, 6.45) is 8.27. The van der Waals surface area contributed by atoms with Crippen LogP contribution in [0.1, 0.15) is 45.3 Å². The molecule has 0 saturated carbocycles. The molecule has 1 fully saturated rings. The third-order valence-corrected chi connectivity index (χ3v) is 7.24. The lowest BCUT2D eigenvalue weighted by Gasteiger charge is -2.32. The van der Waals surface area contributed by atoms with Gasteiger partial charge >= 0.3 is 0 Å². The van der Waals surface area contributed by atoms with Crippen LogP contribution in [-0.2, 0) is 18.3 Å². The molecule has 2 amide bonds. The molecule has 2 aliphatic rings. The zero-order valence-electron chi connectivity index (χ0n) is 22.5. The maximum atomic E-state index is 12.7. The summed E-state index contributed by atoms with van der Waals surface area (Å²) in [5.74, 6) is -0.438. The summed E-state index contributed by atoms with van der Waals surface area (Å²) in [5.41, 5.74) is 5.63. The first-order chi connectivity index (χ1) is 19.4. The molecule has 1 saturated heterocycles. The van der Waals surface area contributed by atoms with E-state index in [-0.39, 0.29) is 23.2 Å². The second kappa shape index (κ2) is 10.4. The Morgan fingerprint density at radius 2 is 1.85 bits per heavy atom. The number of hydrogen-bond donors (Lipinski definition) is 3. The van der Waals surface area contributed by atoms with Gasteiger partial charge in [-0.1, -0.05) is 12.1 Å². The number of aryl methyl sites for hydroxylation is 1. The minimum Gasteiger partial charge on any atom is -0.381 e. The SMILES string of the molecule is CNC(=O)c1cnc(NC(=O)c2cnn(C)c2)nc1Nc1cccc2c1N(C)Cc1c-2cnn1C1CCOCC1. The number of carbonyl (C=O) groups excluding carboxylic acids is 2. The van der Waals surface area contributed by atoms with Crippen molar-refractivity contribution in [2.45, 2.75) is 25.4 Å². The van der Waals surface area contributed by atoms with Crippen molar-refractivity contribution in [3.8, 4) is 11.1 Å². The molecule has 40 heavy (non-hydrogen) atoms. The molecule has 5 heterocycles. The van der Waals surface area contributed by atoms with E-state index in [1.165, 1.54) is 22.8 Å². The van der Waals surface area contributed by atoms with E-state index in [0.717, 1.165) is 48.6 Å². The van der Waals surface area contributed by atoms with Crippen molar-refractivity contribution < 1.29 is 14.3 Å². The van der Waals surface area contributed by atoms with Gasteiger partial charge in [0.1, 0.15) is 11.4 Å². The molecular weight excluding hydrogens is 512 g/mol. The van der Waals surface area contributed by atoms with Crippen molar-refractivity contribution in [3.05, 3.63) is 59.8 Å². The van der Waals surface area contributed by atoms with Crippen molar-refractivity contribution in [2.24, 2.45) is 7.05 Å². The number of rotatable bonds is 6. The molecule has 0 spiro atoms. The van der Waals surface area contributed by atoms with Gasteiger partial charge in [0.2, 0.25) is 5.95 Å². The van der Waals surface area contributed by atoms with Crippen LogP contribution >= 0.6 is 0 Å². The van der Waals surface area contributed by atoms with Crippen LogP contribution in [0, 0.1) is 0 Å². The smallest absolute Gasteiger partial charge is 0.261 e. The van der Waals surface area contributed by atoms with Gasteiger partial charge in [0.05, 0.1) is 47.6 Å². The molecule has 0 radical (unpaired) electrons. The maximum Gasteiger partial charge on any atom is 0.261 e. The van der Waals surface area contributed by atoms with Crippen molar-refractivity contribution in [3.63, 3.8) is 0 Å². The van der Waals surface area contributed by atoms with E-state index in [9.17, 15) is 9.59 Å². The first-order valence-electron chi connectivity index (χ1n) is 13.1. The van der Waals surface area contributed by atoms with Gasteiger partial charge in [-0.3, -0.25) is 24.3 Å². The first kappa shape index (κ1) is 25.5. The fourth-order valence-electron chi connectivity index (χ4n) is 5.27. The van der Waals surface area contributed by atoms with Crippen LogP contribution in [0.3, 0.4) is 0 Å². The molecule has 13 heteroatoms. The number of benzene rings is 1. The number of aromatic nitrogens is 6. The summed E-state index contributed by atoms with van der Waals surface area (Å²) in [7, 11) is 5.30. The highest BCUT2D eigenvalue weighted by Gasteiger charge is 2.29. The van der Waals surface area contributed by atoms with Crippen molar-refractivity contribution >= 4 is 35.0 Å². The molecule has 1 aromatic carbocycles. The lowest BCUT2D eigenvalue weighted by molar-refractivity contribution is 0.0654. The average Bonchev–Trinajstić information content (AvgIpc) is 3.60. The predicted molar refractivity (Wildman–Crippen MR) is 149 cm³/mol. The molecule has 4 aromatic rings. The lowest BCUT2D eigenvalue weighted by atomic mass is 9.97. The Labute approximate surface area is 230 Å². The van der Waals surface area contributed by atoms with Gasteiger partial charge in [-0.15, -0.1) is 0 Å². The van der Waals surface area contributed by atoms with Gasteiger partial charge < -0.3 is 20.3 Å². The monoisotopic (exact) mass is 542 g/mol. The third-order valence-electron chi connectivity index (χ3n) is 7.24. The summed E-state index contributed by atoms with van der Waals surface area (Å²) < 4.78 is 9.24. The van der Waals surface area contributed by atoms with Crippen LogP contribution in [0.5, 0.6) is 0 Å². The summed E-state index contributed by atoms with van der Waals surface area (Å²) in [6.45, 7) is 2.17. The van der Waals surface area contributed by atoms with E-state index in [0.29, 0.717) is 18.2 Å². The van der Waals surface area contributed by atoms with E-state index in [4.69, 9.17) is 9.84 Å². The Balaban J connectivity index is 1.35. The Hall–Kier alpha value is -4.78. The number of hydrogen-bond acceptors (Lipinski definition) is 9. The van der Waals surface area contributed by atoms with Gasteiger partial charge in [0.15, 0.2) is 0 Å². The van der Waals surface area contributed by atoms with Gasteiger partial charge in [0.25, 0.3) is 11.8 Å². The van der Waals surface area contributed by atoms with E-state index in [1.54, 1.807) is 20.3 Å². The van der Waals surface area contributed by atoms with Crippen molar-refractivity contribution in [1.29, 1.82) is 0 Å². The minimum absolute atomic E-state index is 0.0576. The summed E-state index contributed by atoms with van der Waals surface area (Å²) in [5, 5.41) is 17.5. The Bertz CT molecular complexity index is 1590. The highest BCUT2D eigenvalue weighted by molar-refractivity contribution is 6.04. The largest absolute Gasteiger partial charge is 0.381 e. The van der Waals surface area contributed by atoms with E-state index >= 15 is 0 Å². The third kappa shape index (κ3) is 4.64. The number of para-hydroxylation sites is 1. The van der Waals surface area contributed by atoms with Crippen molar-refractivity contribution in [1.82, 2.24) is 34.8 Å². The minimum atomic E-state index is -0.405. The molecular formula is C27H30N10O3. The van der Waals surface area contributed by atoms with Crippen molar-refractivity contribution in [2.75, 3.05) is 42.8 Å². The van der Waals surface area contributed by atoms with Crippen LogP contribution in [-0.4, -0.2) is 68.7 Å². The fraction of sp³-hybridized carbons (Fsp3) is 0.333. The number of carbonyl (C=O) groups is 2. The lowest BCUT2D eigenvalue weighted by Crippen LogP contribution is -2.28. The second-order valence-corrected chi connectivity index (χ2v) is 9.87. The Kier molecular flexibility index (Phi) is 6.64. The highest BCUT2D eigenvalue weighted by atomic mass is 16.5. The van der Waals surface area contributed by atoms with Crippen LogP contribution < -0.4 is 20.9 Å². The summed E-state index contributed by atoms with van der Waals surface area (Å²) in [4.78, 5) is 36.2. The highest BCUT2D eigenvalue weighted by Crippen LogP contribution is 2.44. The van der Waals surface area contributed by atoms with E-state index in [1.807, 2.05) is 25.4 Å². The van der Waals surface area contributed by atoms with Crippen LogP contribution in [0.15, 0.2) is 43.0 Å². The van der Waals surface area contributed by atoms with Crippen LogP contribution in [0.2, 0.25) is 0 Å². The molecule has 0 unspecified atom stereocenters. The Morgan fingerprint density at radius 3 is 2.60 bits per heavy atom. The zero-order valence-corrected chi connectivity index (χ0v) is 22.5. The second-order valence-electron chi connectivity index (χ2n) is 9.87. The zero-order chi connectivity index (χ0) is 27.8. The predicted octanol–water partition coefficient (Wildman–Crippen LogP) is 2.73. The first-order valence-corrected chi connectivity index (χ1v) is 13.1. The molecule has 6 rings (SSSR count). The fourth-order valence-corrected chi connectivity index (χ4v) is 5.27. The number of anilines is 4. The van der Waals surface area contributed by atoms with E-state index in [2.05, 4.69) is 46.7 Å². The standard InChI is InChI=1S/C27H30N10O3/c1-28-26(39)20-12-29-27(34-25(38)16-11-30-36(3)14-16)33-24(20)32-21-6-4-5-18-19-13-31-37(17-7-9-40-10-8-17)22(19)15-35(2)23(18)21/h4-6,11-14,17H,7-10,15H2,1-3H3,(H,28,39)(H2,29,32,33,34,38). The number of amides is 2. The van der Waals surface area contributed by atoms with Crippen LogP contribution in [0.25, 0.3) is 11.1 Å². The molecule has 0 atom stereocenters. The molecule has 2 aliphatic heterocycles. The quantitative estimate of drug-likeness (QED) is 0.335. The molecule has 206 valence electrons.